The van der Waals surface area contributed by atoms with Gasteiger partial charge in [0.15, 0.2) is 5.66 Å². The van der Waals surface area contributed by atoms with Crippen LogP contribution in [0, 0.1) is 12.3 Å². The highest BCUT2D eigenvalue weighted by Crippen LogP contribution is 2.37. The first-order valence-electron chi connectivity index (χ1n) is 9.86. The number of hydrogen-bond acceptors (Lipinski definition) is 4. The average Bonchev–Trinajstić information content (AvgIpc) is 3.50. The van der Waals surface area contributed by atoms with E-state index in [2.05, 4.69) is 21.5 Å². The van der Waals surface area contributed by atoms with Gasteiger partial charge in [0.1, 0.15) is 0 Å². The number of nitrogens with one attached hydrogen (secondary N) is 1. The average molecular weight is 420 g/mol. The molecule has 0 aliphatic carbocycles. The molecule has 1 unspecified atom stereocenters. The molecular formula is C21H23F3N4O2. The molecule has 0 bridgehead atoms. The number of likely N-dealkylation sites (tertiary alicyclic amines) is 1. The predicted octanol–water partition coefficient (Wildman–Crippen LogP) is 3.78. The summed E-state index contributed by atoms with van der Waals surface area (Å²) >= 11 is 0. The van der Waals surface area contributed by atoms with Gasteiger partial charge in [0, 0.05) is 50.4 Å². The fourth-order valence-electron chi connectivity index (χ4n) is 3.53. The number of hydrogen-bond donors (Lipinski definition) is 1. The predicted molar refractivity (Wildman–Crippen MR) is 103 cm³/mol. The number of halogens is 3. The van der Waals surface area contributed by atoms with Crippen LogP contribution >= 0.6 is 0 Å². The number of terminal acetylenes is 1. The summed E-state index contributed by atoms with van der Waals surface area (Å²) in [6, 6.07) is 3.83. The lowest BCUT2D eigenvalue weighted by molar-refractivity contribution is -0.137. The van der Waals surface area contributed by atoms with Crippen LogP contribution in [0.4, 0.5) is 13.2 Å². The van der Waals surface area contributed by atoms with Gasteiger partial charge in [-0.05, 0) is 37.1 Å². The summed E-state index contributed by atoms with van der Waals surface area (Å²) in [7, 11) is 0. The molecule has 30 heavy (non-hydrogen) atoms. The van der Waals surface area contributed by atoms with Crippen molar-refractivity contribution in [1.82, 2.24) is 10.2 Å². The van der Waals surface area contributed by atoms with Crippen LogP contribution in [0.5, 0.6) is 0 Å². The van der Waals surface area contributed by atoms with E-state index in [-0.39, 0.29) is 17.5 Å². The summed E-state index contributed by atoms with van der Waals surface area (Å²) in [6.45, 7) is 0.980. The summed E-state index contributed by atoms with van der Waals surface area (Å²) in [6.07, 6.45) is 4.28. The topological polar surface area (TPSA) is 74.1 Å². The van der Waals surface area contributed by atoms with Crippen molar-refractivity contribution in [1.29, 1.82) is 0 Å². The molecular weight excluding hydrogens is 397 g/mol. The van der Waals surface area contributed by atoms with Crippen molar-refractivity contribution in [2.45, 2.75) is 56.4 Å². The molecule has 1 fully saturated rings. The van der Waals surface area contributed by atoms with E-state index in [1.54, 1.807) is 4.90 Å². The van der Waals surface area contributed by atoms with Crippen LogP contribution in [0.3, 0.4) is 0 Å². The molecule has 2 amide bonds. The Labute approximate surface area is 172 Å². The highest BCUT2D eigenvalue weighted by Gasteiger charge is 2.40. The molecule has 2 aliphatic heterocycles. The number of benzene rings is 1. The van der Waals surface area contributed by atoms with Crippen molar-refractivity contribution >= 4 is 11.8 Å². The maximum Gasteiger partial charge on any atom is 0.416 e. The zero-order valence-electron chi connectivity index (χ0n) is 16.4. The Kier molecular flexibility index (Phi) is 6.44. The first kappa shape index (κ1) is 21.8. The summed E-state index contributed by atoms with van der Waals surface area (Å²) < 4.78 is 38.0. The highest BCUT2D eigenvalue weighted by molar-refractivity contribution is 5.94. The van der Waals surface area contributed by atoms with E-state index in [0.717, 1.165) is 30.7 Å². The molecule has 1 saturated heterocycles. The summed E-state index contributed by atoms with van der Waals surface area (Å²) in [4.78, 5) is 26.6. The summed E-state index contributed by atoms with van der Waals surface area (Å²) in [5.74, 6) is 2.07. The third-order valence-electron chi connectivity index (χ3n) is 5.38. The first-order chi connectivity index (χ1) is 14.2. The molecule has 1 aromatic rings. The molecule has 0 saturated carbocycles. The number of rotatable bonds is 7. The van der Waals surface area contributed by atoms with E-state index in [0.29, 0.717) is 45.2 Å². The Morgan fingerprint density at radius 1 is 1.23 bits per heavy atom. The Balaban J connectivity index is 1.49. The minimum atomic E-state index is -4.44. The van der Waals surface area contributed by atoms with Crippen LogP contribution in [0.25, 0.3) is 0 Å². The normalized spacial score (nSPS) is 19.8. The van der Waals surface area contributed by atoms with E-state index in [4.69, 9.17) is 6.42 Å². The van der Waals surface area contributed by atoms with Gasteiger partial charge in [-0.15, -0.1) is 12.3 Å². The van der Waals surface area contributed by atoms with Gasteiger partial charge in [0.25, 0.3) is 5.91 Å². The van der Waals surface area contributed by atoms with Crippen molar-refractivity contribution < 1.29 is 22.8 Å². The lowest BCUT2D eigenvalue weighted by atomic mass is 10.0. The standard InChI is InChI=1S/C21H23F3N4O2/c1-2-3-11-20(26-27-20)12-10-18(29)28-13-4-5-17(14-28)25-19(30)15-6-8-16(9-7-15)21(22,23)24/h1,6-9,17H,3-5,10-14H2,(H,25,30). The highest BCUT2D eigenvalue weighted by atomic mass is 19.4. The maximum atomic E-state index is 12.7. The Morgan fingerprint density at radius 2 is 1.93 bits per heavy atom. The van der Waals surface area contributed by atoms with Crippen LogP contribution in [-0.4, -0.2) is 41.5 Å². The fourth-order valence-corrected chi connectivity index (χ4v) is 3.53. The number of piperidine rings is 1. The van der Waals surface area contributed by atoms with E-state index in [1.807, 2.05) is 0 Å². The van der Waals surface area contributed by atoms with Gasteiger partial charge in [-0.1, -0.05) is 0 Å². The molecule has 9 heteroatoms. The van der Waals surface area contributed by atoms with Gasteiger partial charge in [-0.25, -0.2) is 0 Å². The lowest BCUT2D eigenvalue weighted by Gasteiger charge is -2.33. The number of amides is 2. The van der Waals surface area contributed by atoms with Crippen LogP contribution < -0.4 is 5.32 Å². The van der Waals surface area contributed by atoms with Crippen molar-refractivity contribution in [2.24, 2.45) is 10.2 Å². The van der Waals surface area contributed by atoms with E-state index in [1.165, 1.54) is 0 Å². The van der Waals surface area contributed by atoms with E-state index in [9.17, 15) is 22.8 Å². The summed E-state index contributed by atoms with van der Waals surface area (Å²) in [5.41, 5.74) is -1.16. The number of alkyl halides is 3. The number of carbonyl (C=O) groups excluding carboxylic acids is 2. The second kappa shape index (κ2) is 8.86. The quantitative estimate of drug-likeness (QED) is 0.682. The maximum absolute atomic E-state index is 12.7. The Hall–Kier alpha value is -2.89. The van der Waals surface area contributed by atoms with Crippen molar-refractivity contribution in [2.75, 3.05) is 13.1 Å². The van der Waals surface area contributed by atoms with Gasteiger partial charge >= 0.3 is 6.18 Å². The van der Waals surface area contributed by atoms with Crippen molar-refractivity contribution in [3.05, 3.63) is 35.4 Å². The first-order valence-corrected chi connectivity index (χ1v) is 9.86. The van der Waals surface area contributed by atoms with Crippen LogP contribution in [0.1, 0.15) is 54.4 Å². The molecule has 2 heterocycles. The smallest absolute Gasteiger partial charge is 0.348 e. The SMILES string of the molecule is C#CCCC1(CCC(=O)N2CCCC(NC(=O)c3ccc(C(F)(F)F)cc3)C2)N=N1. The molecule has 1 atom stereocenters. The van der Waals surface area contributed by atoms with Crippen molar-refractivity contribution in [3.8, 4) is 12.3 Å². The van der Waals surface area contributed by atoms with E-state index < -0.39 is 23.3 Å². The summed E-state index contributed by atoms with van der Waals surface area (Å²) in [5, 5.41) is 10.9. The molecule has 6 nitrogen and oxygen atoms in total. The minimum absolute atomic E-state index is 0.0270. The molecule has 160 valence electrons. The van der Waals surface area contributed by atoms with Gasteiger partial charge in [0.05, 0.1) is 5.56 Å². The number of nitrogens with zero attached hydrogens (tertiary/aromatic N) is 3. The van der Waals surface area contributed by atoms with Crippen LogP contribution in [0.15, 0.2) is 34.5 Å². The monoisotopic (exact) mass is 420 g/mol. The Morgan fingerprint density at radius 3 is 2.53 bits per heavy atom. The van der Waals surface area contributed by atoms with Gasteiger partial charge < -0.3 is 10.2 Å². The molecule has 2 aliphatic rings. The minimum Gasteiger partial charge on any atom is -0.348 e. The molecule has 0 aromatic heterocycles. The fraction of sp³-hybridized carbons (Fsp3) is 0.524. The molecule has 0 spiro atoms. The second-order valence-electron chi connectivity index (χ2n) is 7.61. The van der Waals surface area contributed by atoms with Gasteiger partial charge in [-0.2, -0.15) is 23.4 Å². The van der Waals surface area contributed by atoms with Crippen molar-refractivity contribution in [3.63, 3.8) is 0 Å². The third kappa shape index (κ3) is 5.59. The molecule has 1 aromatic carbocycles. The molecule has 1 N–H and O–H groups in total. The van der Waals surface area contributed by atoms with Gasteiger partial charge in [0.2, 0.25) is 5.91 Å². The zero-order chi connectivity index (χ0) is 21.8. The Bertz CT molecular complexity index is 852. The molecule has 0 radical (unpaired) electrons. The zero-order valence-corrected chi connectivity index (χ0v) is 16.4. The van der Waals surface area contributed by atoms with Crippen LogP contribution in [0.2, 0.25) is 0 Å². The lowest BCUT2D eigenvalue weighted by Crippen LogP contribution is -2.49. The number of carbonyl (C=O) groups is 2. The van der Waals surface area contributed by atoms with Crippen LogP contribution in [-0.2, 0) is 11.0 Å². The largest absolute Gasteiger partial charge is 0.416 e. The third-order valence-corrected chi connectivity index (χ3v) is 5.38. The second-order valence-corrected chi connectivity index (χ2v) is 7.61. The molecule has 3 rings (SSSR count). The van der Waals surface area contributed by atoms with Gasteiger partial charge in [-0.3, -0.25) is 9.59 Å². The van der Waals surface area contributed by atoms with E-state index >= 15 is 0 Å².